The molecule has 0 unspecified atom stereocenters. The lowest BCUT2D eigenvalue weighted by Gasteiger charge is -2.16. The first-order valence-corrected chi connectivity index (χ1v) is 8.62. The van der Waals surface area contributed by atoms with E-state index in [1.165, 1.54) is 5.56 Å². The van der Waals surface area contributed by atoms with Gasteiger partial charge < -0.3 is 14.1 Å². The molecule has 7 nitrogen and oxygen atoms in total. The minimum absolute atomic E-state index is 0.146. The van der Waals surface area contributed by atoms with Crippen LogP contribution in [0.1, 0.15) is 24.3 Å². The van der Waals surface area contributed by atoms with Gasteiger partial charge in [-0.3, -0.25) is 9.69 Å². The zero-order valence-corrected chi connectivity index (χ0v) is 15.3. The monoisotopic (exact) mass is 362 g/mol. The molecule has 0 bridgehead atoms. The highest BCUT2D eigenvalue weighted by Crippen LogP contribution is 2.15. The lowest BCUT2D eigenvalue weighted by Crippen LogP contribution is -2.25. The third kappa shape index (κ3) is 4.46. The van der Waals surface area contributed by atoms with Crippen molar-refractivity contribution in [2.45, 2.75) is 32.6 Å². The largest absolute Gasteiger partial charge is 0.497 e. The van der Waals surface area contributed by atoms with Crippen molar-refractivity contribution >= 4 is 18.1 Å². The first-order valence-electron chi connectivity index (χ1n) is 8.21. The van der Waals surface area contributed by atoms with E-state index in [-0.39, 0.29) is 5.91 Å². The van der Waals surface area contributed by atoms with Crippen LogP contribution in [0.4, 0.5) is 0 Å². The van der Waals surface area contributed by atoms with Crippen LogP contribution in [-0.2, 0) is 24.6 Å². The Hall–Kier alpha value is -2.19. The molecule has 1 fully saturated rings. The number of aromatic nitrogens is 2. The van der Waals surface area contributed by atoms with E-state index in [1.807, 2.05) is 31.3 Å². The quantitative estimate of drug-likeness (QED) is 0.705. The van der Waals surface area contributed by atoms with Crippen molar-refractivity contribution in [1.82, 2.24) is 19.6 Å². The number of carbonyl (C=O) groups excluding carboxylic acids is 1. The van der Waals surface area contributed by atoms with Crippen molar-refractivity contribution in [2.24, 2.45) is 0 Å². The molecule has 3 rings (SSSR count). The van der Waals surface area contributed by atoms with E-state index in [1.54, 1.807) is 16.7 Å². The number of amides is 1. The maximum Gasteiger partial charge on any atom is 0.288 e. The van der Waals surface area contributed by atoms with Gasteiger partial charge >= 0.3 is 0 Å². The third-order valence-corrected chi connectivity index (χ3v) is 4.43. The number of hydrogen-bond donors (Lipinski definition) is 0. The zero-order chi connectivity index (χ0) is 17.8. The minimum atomic E-state index is 0.146. The Bertz CT molecular complexity index is 784. The van der Waals surface area contributed by atoms with E-state index in [2.05, 4.69) is 10.00 Å². The summed E-state index contributed by atoms with van der Waals surface area (Å²) in [6, 6.07) is 7.94. The second-order valence-corrected chi connectivity index (χ2v) is 6.53. The number of ether oxygens (including phenoxy) is 1. The molecule has 2 aromatic rings. The van der Waals surface area contributed by atoms with E-state index < -0.39 is 0 Å². The molecule has 0 saturated carbocycles. The summed E-state index contributed by atoms with van der Waals surface area (Å²) in [6.07, 6.45) is 1.50. The zero-order valence-electron chi connectivity index (χ0n) is 14.5. The van der Waals surface area contributed by atoms with Crippen molar-refractivity contribution in [1.29, 1.82) is 0 Å². The molecule has 1 aromatic carbocycles. The van der Waals surface area contributed by atoms with Crippen LogP contribution in [0.5, 0.6) is 5.75 Å². The molecule has 8 heteroatoms. The molecular formula is C17H22N4O3S. The van der Waals surface area contributed by atoms with Gasteiger partial charge in [0.1, 0.15) is 5.75 Å². The molecule has 1 aliphatic rings. The topological polar surface area (TPSA) is 63.7 Å². The van der Waals surface area contributed by atoms with Gasteiger partial charge in [-0.15, -0.1) is 5.10 Å². The van der Waals surface area contributed by atoms with Gasteiger partial charge in [0.05, 0.1) is 20.3 Å². The summed E-state index contributed by atoms with van der Waals surface area (Å²) in [5.41, 5.74) is 1.17. The van der Waals surface area contributed by atoms with Crippen LogP contribution in [-0.4, -0.2) is 46.2 Å². The van der Waals surface area contributed by atoms with Gasteiger partial charge in [-0.1, -0.05) is 12.1 Å². The highest BCUT2D eigenvalue weighted by Gasteiger charge is 2.22. The molecule has 0 N–H and O–H groups in total. The standard InChI is InChI=1S/C17H22N4O3S/c1-19(10-13-5-7-14(23-2)8-6-13)12-21-17(25)24-15(18-21)11-20-9-3-4-16(20)22/h5-8H,3-4,9-12H2,1-2H3. The number of carbonyl (C=O) groups is 1. The van der Waals surface area contributed by atoms with Crippen LogP contribution in [0.3, 0.4) is 0 Å². The normalized spacial score (nSPS) is 14.5. The molecule has 2 heterocycles. The van der Waals surface area contributed by atoms with Crippen LogP contribution >= 0.6 is 12.2 Å². The SMILES string of the molecule is COc1ccc(CN(C)Cn2nc(CN3CCCC3=O)oc2=S)cc1. The first-order chi connectivity index (χ1) is 12.0. The van der Waals surface area contributed by atoms with Crippen molar-refractivity contribution in [3.05, 3.63) is 40.6 Å². The lowest BCUT2D eigenvalue weighted by molar-refractivity contribution is -0.128. The van der Waals surface area contributed by atoms with Gasteiger partial charge in [-0.2, -0.15) is 0 Å². The summed E-state index contributed by atoms with van der Waals surface area (Å²) in [5.74, 6) is 1.47. The second-order valence-electron chi connectivity index (χ2n) is 6.18. The summed E-state index contributed by atoms with van der Waals surface area (Å²) in [5, 5.41) is 4.41. The molecule has 1 aromatic heterocycles. The lowest BCUT2D eigenvalue weighted by atomic mass is 10.2. The van der Waals surface area contributed by atoms with E-state index in [0.29, 0.717) is 30.4 Å². The highest BCUT2D eigenvalue weighted by molar-refractivity contribution is 7.71. The Morgan fingerprint density at radius 2 is 2.12 bits per heavy atom. The summed E-state index contributed by atoms with van der Waals surface area (Å²) in [6.45, 7) is 2.41. The predicted octanol–water partition coefficient (Wildman–Crippen LogP) is 2.43. The average Bonchev–Trinajstić information content (AvgIpc) is 3.14. The number of nitrogens with zero attached hydrogens (tertiary/aromatic N) is 4. The average molecular weight is 362 g/mol. The van der Waals surface area contributed by atoms with E-state index in [4.69, 9.17) is 21.4 Å². The van der Waals surface area contributed by atoms with Crippen LogP contribution in [0.25, 0.3) is 0 Å². The molecule has 0 aliphatic carbocycles. The van der Waals surface area contributed by atoms with Crippen molar-refractivity contribution in [3.63, 3.8) is 0 Å². The van der Waals surface area contributed by atoms with Crippen molar-refractivity contribution in [2.75, 3.05) is 20.7 Å². The first kappa shape index (κ1) is 17.6. The van der Waals surface area contributed by atoms with E-state index >= 15 is 0 Å². The second kappa shape index (κ2) is 7.79. The van der Waals surface area contributed by atoms with Gasteiger partial charge in [-0.05, 0) is 43.4 Å². The molecular weight excluding hydrogens is 340 g/mol. The fraction of sp³-hybridized carbons (Fsp3) is 0.471. The third-order valence-electron chi connectivity index (χ3n) is 4.13. The summed E-state index contributed by atoms with van der Waals surface area (Å²) >= 11 is 5.25. The van der Waals surface area contributed by atoms with Gasteiger partial charge in [0.15, 0.2) is 0 Å². The fourth-order valence-corrected chi connectivity index (χ4v) is 3.05. The number of rotatable bonds is 7. The number of likely N-dealkylation sites (tertiary alicyclic amines) is 1. The Morgan fingerprint density at radius 3 is 2.76 bits per heavy atom. The van der Waals surface area contributed by atoms with Crippen LogP contribution in [0.15, 0.2) is 28.7 Å². The van der Waals surface area contributed by atoms with Crippen LogP contribution in [0, 0.1) is 4.84 Å². The smallest absolute Gasteiger partial charge is 0.288 e. The molecule has 1 amide bonds. The Balaban J connectivity index is 1.59. The van der Waals surface area contributed by atoms with Gasteiger partial charge in [0.25, 0.3) is 4.84 Å². The molecule has 1 aliphatic heterocycles. The molecule has 134 valence electrons. The highest BCUT2D eigenvalue weighted by atomic mass is 32.1. The molecule has 0 spiro atoms. The van der Waals surface area contributed by atoms with Gasteiger partial charge in [-0.25, -0.2) is 4.68 Å². The number of methoxy groups -OCH3 is 1. The maximum absolute atomic E-state index is 11.7. The molecule has 0 radical (unpaired) electrons. The maximum atomic E-state index is 11.7. The molecule has 0 atom stereocenters. The molecule has 25 heavy (non-hydrogen) atoms. The Labute approximate surface area is 151 Å². The van der Waals surface area contributed by atoms with Crippen molar-refractivity contribution in [3.8, 4) is 5.75 Å². The number of benzene rings is 1. The predicted molar refractivity (Wildman–Crippen MR) is 94.4 cm³/mol. The summed E-state index contributed by atoms with van der Waals surface area (Å²) in [4.78, 5) is 15.9. The van der Waals surface area contributed by atoms with E-state index in [0.717, 1.165) is 25.3 Å². The minimum Gasteiger partial charge on any atom is -0.497 e. The van der Waals surface area contributed by atoms with Crippen molar-refractivity contribution < 1.29 is 13.9 Å². The van der Waals surface area contributed by atoms with E-state index in [9.17, 15) is 4.79 Å². The van der Waals surface area contributed by atoms with Crippen LogP contribution < -0.4 is 4.74 Å². The number of hydrogen-bond acceptors (Lipinski definition) is 6. The van der Waals surface area contributed by atoms with Gasteiger partial charge in [0.2, 0.25) is 11.8 Å². The van der Waals surface area contributed by atoms with Gasteiger partial charge in [0, 0.05) is 19.5 Å². The Kier molecular flexibility index (Phi) is 5.50. The fourth-order valence-electron chi connectivity index (χ4n) is 2.86. The van der Waals surface area contributed by atoms with Crippen LogP contribution in [0.2, 0.25) is 0 Å². The summed E-state index contributed by atoms with van der Waals surface area (Å²) < 4.78 is 12.4. The Morgan fingerprint density at radius 1 is 1.36 bits per heavy atom. The summed E-state index contributed by atoms with van der Waals surface area (Å²) in [7, 11) is 3.64. The molecule has 1 saturated heterocycles.